The summed E-state index contributed by atoms with van der Waals surface area (Å²) in [5, 5.41) is 0. The Labute approximate surface area is 84.1 Å². The van der Waals surface area contributed by atoms with Crippen molar-refractivity contribution in [1.82, 2.24) is 4.90 Å². The molecule has 0 unspecified atom stereocenters. The molecular formula is C7H16NY-. The molecule has 0 bridgehead atoms. The Morgan fingerprint density at radius 1 is 1.22 bits per heavy atom. The summed E-state index contributed by atoms with van der Waals surface area (Å²) in [4.78, 5) is 2.37. The maximum Gasteiger partial charge on any atom is 0 e. The van der Waals surface area contributed by atoms with Crippen molar-refractivity contribution >= 4 is 0 Å². The summed E-state index contributed by atoms with van der Waals surface area (Å²) in [5.74, 6) is 0. The van der Waals surface area contributed by atoms with E-state index in [1.54, 1.807) is 0 Å². The van der Waals surface area contributed by atoms with Gasteiger partial charge in [0.2, 0.25) is 0 Å². The predicted octanol–water partition coefficient (Wildman–Crippen LogP) is 1.55. The molecule has 0 N–H and O–H groups in total. The van der Waals surface area contributed by atoms with E-state index in [0.29, 0.717) is 0 Å². The van der Waals surface area contributed by atoms with Crippen LogP contribution in [0.15, 0.2) is 0 Å². The Hall–Kier alpha value is 1.06. The zero-order valence-electron chi connectivity index (χ0n) is 6.56. The van der Waals surface area contributed by atoms with Gasteiger partial charge in [-0.1, -0.05) is 13.8 Å². The summed E-state index contributed by atoms with van der Waals surface area (Å²) in [7, 11) is 0. The van der Waals surface area contributed by atoms with Crippen molar-refractivity contribution in [2.75, 3.05) is 19.6 Å². The molecule has 0 aliphatic heterocycles. The Bertz CT molecular complexity index is 44.2. The summed E-state index contributed by atoms with van der Waals surface area (Å²) >= 11 is 0. The van der Waals surface area contributed by atoms with E-state index >= 15 is 0 Å². The largest absolute Gasteiger partial charge is 0.342 e. The van der Waals surface area contributed by atoms with Gasteiger partial charge in [-0.25, -0.2) is 0 Å². The van der Waals surface area contributed by atoms with Gasteiger partial charge in [0.05, 0.1) is 0 Å². The summed E-state index contributed by atoms with van der Waals surface area (Å²) in [5.41, 5.74) is 0. The van der Waals surface area contributed by atoms with Gasteiger partial charge in [-0.05, 0) is 19.6 Å². The van der Waals surface area contributed by atoms with Gasteiger partial charge in [0, 0.05) is 32.7 Å². The van der Waals surface area contributed by atoms with Gasteiger partial charge in [0.1, 0.15) is 0 Å². The van der Waals surface area contributed by atoms with Crippen molar-refractivity contribution in [2.45, 2.75) is 20.3 Å². The van der Waals surface area contributed by atoms with Crippen LogP contribution in [0.5, 0.6) is 0 Å². The summed E-state index contributed by atoms with van der Waals surface area (Å²) in [6, 6.07) is 0. The fourth-order valence-electron chi connectivity index (χ4n) is 0.763. The van der Waals surface area contributed by atoms with Gasteiger partial charge in [-0.3, -0.25) is 0 Å². The monoisotopic (exact) mass is 203 g/mol. The smallest absolute Gasteiger partial charge is 0 e. The minimum absolute atomic E-state index is 0. The Morgan fingerprint density at radius 3 is 1.78 bits per heavy atom. The van der Waals surface area contributed by atoms with Crippen LogP contribution in [0.3, 0.4) is 0 Å². The van der Waals surface area contributed by atoms with Crippen LogP contribution in [0.4, 0.5) is 0 Å². The van der Waals surface area contributed by atoms with Crippen molar-refractivity contribution in [3.05, 3.63) is 6.92 Å². The summed E-state index contributed by atoms with van der Waals surface area (Å²) in [6.45, 7) is 11.6. The molecule has 0 aromatic carbocycles. The second-order valence-corrected chi connectivity index (χ2v) is 1.88. The van der Waals surface area contributed by atoms with Crippen LogP contribution in [-0.2, 0) is 32.7 Å². The average molecular weight is 203 g/mol. The zero-order chi connectivity index (χ0) is 6.41. The van der Waals surface area contributed by atoms with Gasteiger partial charge < -0.3 is 11.8 Å². The molecule has 1 radical (unpaired) electrons. The Balaban J connectivity index is 0. The van der Waals surface area contributed by atoms with Crippen molar-refractivity contribution in [1.29, 1.82) is 0 Å². The molecule has 0 aromatic rings. The number of nitrogens with zero attached hydrogens (tertiary/aromatic N) is 1. The molecule has 53 valence electrons. The first-order valence-electron chi connectivity index (χ1n) is 3.36. The Kier molecular flexibility index (Phi) is 12.8. The third kappa shape index (κ3) is 6.96. The molecule has 0 saturated heterocycles. The van der Waals surface area contributed by atoms with Gasteiger partial charge in [0.25, 0.3) is 0 Å². The van der Waals surface area contributed by atoms with E-state index in [-0.39, 0.29) is 32.7 Å². The maximum atomic E-state index is 3.78. The van der Waals surface area contributed by atoms with Crippen LogP contribution in [0.25, 0.3) is 0 Å². The molecule has 0 heterocycles. The predicted molar refractivity (Wildman–Crippen MR) is 37.8 cm³/mol. The van der Waals surface area contributed by atoms with Crippen molar-refractivity contribution < 1.29 is 32.7 Å². The van der Waals surface area contributed by atoms with Crippen LogP contribution in [0.2, 0.25) is 0 Å². The zero-order valence-corrected chi connectivity index (χ0v) is 9.40. The number of hydrogen-bond donors (Lipinski definition) is 0. The minimum atomic E-state index is 0. The molecule has 9 heavy (non-hydrogen) atoms. The first-order valence-corrected chi connectivity index (χ1v) is 3.36. The molecule has 0 aliphatic rings. The van der Waals surface area contributed by atoms with E-state index in [2.05, 4.69) is 25.7 Å². The fraction of sp³-hybridized carbons (Fsp3) is 0.857. The number of hydrogen-bond acceptors (Lipinski definition) is 1. The normalized spacial score (nSPS) is 9.33. The molecule has 0 fully saturated rings. The van der Waals surface area contributed by atoms with E-state index in [4.69, 9.17) is 0 Å². The van der Waals surface area contributed by atoms with E-state index in [9.17, 15) is 0 Å². The van der Waals surface area contributed by atoms with Gasteiger partial charge >= 0.3 is 0 Å². The van der Waals surface area contributed by atoms with E-state index in [0.717, 1.165) is 26.1 Å². The van der Waals surface area contributed by atoms with Crippen LogP contribution in [0.1, 0.15) is 20.3 Å². The average Bonchev–Trinajstić information content (AvgIpc) is 1.83. The quantitative estimate of drug-likeness (QED) is 0.626. The maximum absolute atomic E-state index is 3.78. The summed E-state index contributed by atoms with van der Waals surface area (Å²) in [6.07, 6.45) is 1.03. The third-order valence-corrected chi connectivity index (χ3v) is 1.37. The van der Waals surface area contributed by atoms with E-state index in [1.165, 1.54) is 0 Å². The molecule has 0 rings (SSSR count). The number of rotatable bonds is 4. The molecule has 0 atom stereocenters. The standard InChI is InChI=1S/C7H16N.Y/c1-4-7-8(5-2)6-3;/h1,4-7H2,2-3H3;/q-1;. The minimum Gasteiger partial charge on any atom is -0.342 e. The van der Waals surface area contributed by atoms with Crippen LogP contribution >= 0.6 is 0 Å². The van der Waals surface area contributed by atoms with Crippen molar-refractivity contribution in [3.8, 4) is 0 Å². The first kappa shape index (κ1) is 12.7. The SMILES string of the molecule is [CH2-]CCN(CC)CC.[Y]. The summed E-state index contributed by atoms with van der Waals surface area (Å²) < 4.78 is 0. The molecule has 0 saturated carbocycles. The van der Waals surface area contributed by atoms with Crippen LogP contribution in [0, 0.1) is 6.92 Å². The van der Waals surface area contributed by atoms with Crippen molar-refractivity contribution in [2.24, 2.45) is 0 Å². The molecular weight excluding hydrogens is 187 g/mol. The molecule has 0 aromatic heterocycles. The molecule has 1 nitrogen and oxygen atoms in total. The van der Waals surface area contributed by atoms with Gasteiger partial charge in [-0.2, -0.15) is 6.42 Å². The van der Waals surface area contributed by atoms with Gasteiger partial charge in [0.15, 0.2) is 0 Å². The van der Waals surface area contributed by atoms with Crippen LogP contribution < -0.4 is 0 Å². The topological polar surface area (TPSA) is 3.24 Å². The first-order chi connectivity index (χ1) is 3.85. The molecule has 0 aliphatic carbocycles. The second-order valence-electron chi connectivity index (χ2n) is 1.88. The molecule has 0 spiro atoms. The Morgan fingerprint density at radius 2 is 1.67 bits per heavy atom. The van der Waals surface area contributed by atoms with Gasteiger partial charge in [-0.15, -0.1) is 0 Å². The van der Waals surface area contributed by atoms with Crippen molar-refractivity contribution in [3.63, 3.8) is 0 Å². The van der Waals surface area contributed by atoms with E-state index in [1.807, 2.05) is 0 Å². The van der Waals surface area contributed by atoms with Crippen LogP contribution in [-0.4, -0.2) is 24.5 Å². The third-order valence-electron chi connectivity index (χ3n) is 1.37. The second kappa shape index (κ2) is 9.06. The fourth-order valence-corrected chi connectivity index (χ4v) is 0.763. The molecule has 2 heteroatoms. The van der Waals surface area contributed by atoms with E-state index < -0.39 is 0 Å². The molecule has 0 amide bonds.